The second kappa shape index (κ2) is 6.17. The number of aliphatic carboxylic acids is 1. The molecule has 0 aromatic carbocycles. The summed E-state index contributed by atoms with van der Waals surface area (Å²) in [7, 11) is -2.23. The summed E-state index contributed by atoms with van der Waals surface area (Å²) in [5.74, 6) is -1.53. The minimum atomic E-state index is -3.66. The fourth-order valence-corrected chi connectivity index (χ4v) is 2.22. The Hall–Kier alpha value is -1.39. The predicted molar refractivity (Wildman–Crippen MR) is 64.9 cm³/mol. The molecule has 0 aliphatic carbocycles. The molecule has 2 atom stereocenters. The summed E-state index contributed by atoms with van der Waals surface area (Å²) in [6.45, 7) is -0.0210. The lowest BCUT2D eigenvalue weighted by molar-refractivity contribution is -0.141. The number of methoxy groups -OCH3 is 1. The lowest BCUT2D eigenvalue weighted by atomic mass is 10.2. The molecule has 2 unspecified atom stereocenters. The van der Waals surface area contributed by atoms with Gasteiger partial charge in [0, 0.05) is 26.6 Å². The number of ether oxygens (including phenoxy) is 1. The fraction of sp³-hybridized carbons (Fsp3) is 0.778. The maximum Gasteiger partial charge on any atom is 0.326 e. The largest absolute Gasteiger partial charge is 0.480 e. The fourth-order valence-electron chi connectivity index (χ4n) is 1.83. The number of carboxylic acids is 1. The summed E-state index contributed by atoms with van der Waals surface area (Å²) in [6, 6.07) is -1.62. The van der Waals surface area contributed by atoms with E-state index in [1.165, 1.54) is 7.11 Å². The molecule has 1 rings (SSSR count). The molecule has 0 bridgehead atoms. The number of primary sulfonamides is 1. The van der Waals surface area contributed by atoms with E-state index >= 15 is 0 Å². The van der Waals surface area contributed by atoms with Crippen LogP contribution in [0.25, 0.3) is 0 Å². The first-order chi connectivity index (χ1) is 8.74. The molecule has 4 N–H and O–H groups in total. The van der Waals surface area contributed by atoms with Crippen LogP contribution in [-0.2, 0) is 19.6 Å². The highest BCUT2D eigenvalue weighted by atomic mass is 32.2. The van der Waals surface area contributed by atoms with Gasteiger partial charge in [0.05, 0.1) is 11.9 Å². The number of rotatable bonds is 5. The van der Waals surface area contributed by atoms with E-state index in [1.54, 1.807) is 0 Å². The normalized spacial score (nSPS) is 23.4. The van der Waals surface area contributed by atoms with E-state index in [9.17, 15) is 18.0 Å². The zero-order chi connectivity index (χ0) is 14.6. The van der Waals surface area contributed by atoms with Crippen molar-refractivity contribution >= 4 is 22.0 Å². The number of urea groups is 1. The van der Waals surface area contributed by atoms with Crippen molar-refractivity contribution in [2.24, 2.45) is 5.14 Å². The van der Waals surface area contributed by atoms with Gasteiger partial charge in [0.1, 0.15) is 6.04 Å². The number of nitrogens with zero attached hydrogens (tertiary/aromatic N) is 1. The monoisotopic (exact) mass is 295 g/mol. The number of sulfonamides is 1. The van der Waals surface area contributed by atoms with Crippen molar-refractivity contribution in [3.63, 3.8) is 0 Å². The van der Waals surface area contributed by atoms with Crippen molar-refractivity contribution in [3.8, 4) is 0 Å². The second-order valence-electron chi connectivity index (χ2n) is 4.20. The zero-order valence-electron chi connectivity index (χ0n) is 10.4. The average Bonchev–Trinajstić information content (AvgIpc) is 2.71. The van der Waals surface area contributed by atoms with Crippen LogP contribution in [0.2, 0.25) is 0 Å². The Morgan fingerprint density at radius 2 is 2.16 bits per heavy atom. The van der Waals surface area contributed by atoms with Crippen molar-refractivity contribution in [3.05, 3.63) is 0 Å². The number of amides is 2. The van der Waals surface area contributed by atoms with Gasteiger partial charge in [-0.2, -0.15) is 0 Å². The third-order valence-corrected chi connectivity index (χ3v) is 3.58. The van der Waals surface area contributed by atoms with Gasteiger partial charge in [-0.15, -0.1) is 0 Å². The Morgan fingerprint density at radius 1 is 1.53 bits per heavy atom. The van der Waals surface area contributed by atoms with Crippen molar-refractivity contribution in [2.45, 2.75) is 18.6 Å². The number of hydrogen-bond donors (Lipinski definition) is 3. The van der Waals surface area contributed by atoms with Gasteiger partial charge in [-0.1, -0.05) is 0 Å². The van der Waals surface area contributed by atoms with Gasteiger partial charge in [-0.05, 0) is 0 Å². The Morgan fingerprint density at radius 3 is 2.63 bits per heavy atom. The Balaban J connectivity index is 2.57. The van der Waals surface area contributed by atoms with E-state index in [1.807, 2.05) is 0 Å². The summed E-state index contributed by atoms with van der Waals surface area (Å²) in [5, 5.41) is 16.1. The first-order valence-electron chi connectivity index (χ1n) is 5.55. The molecule has 1 fully saturated rings. The molecule has 1 aliphatic rings. The van der Waals surface area contributed by atoms with E-state index in [0.29, 0.717) is 0 Å². The zero-order valence-corrected chi connectivity index (χ0v) is 11.2. The molecule has 1 aliphatic heterocycles. The van der Waals surface area contributed by atoms with Crippen LogP contribution in [0.1, 0.15) is 6.42 Å². The van der Waals surface area contributed by atoms with E-state index in [2.05, 4.69) is 5.32 Å². The minimum Gasteiger partial charge on any atom is -0.480 e. The van der Waals surface area contributed by atoms with E-state index in [4.69, 9.17) is 15.0 Å². The van der Waals surface area contributed by atoms with Crippen LogP contribution in [0.5, 0.6) is 0 Å². The summed E-state index contributed by atoms with van der Waals surface area (Å²) >= 11 is 0. The Labute approximate surface area is 110 Å². The second-order valence-corrected chi connectivity index (χ2v) is 5.93. The molecule has 0 aromatic heterocycles. The maximum absolute atomic E-state index is 11.8. The van der Waals surface area contributed by atoms with Crippen LogP contribution >= 0.6 is 0 Å². The van der Waals surface area contributed by atoms with Crippen LogP contribution in [0, 0.1) is 0 Å². The van der Waals surface area contributed by atoms with Crippen LogP contribution < -0.4 is 10.5 Å². The molecule has 110 valence electrons. The number of carbonyl (C=O) groups excluding carboxylic acids is 1. The number of likely N-dealkylation sites (tertiary alicyclic amines) is 1. The number of carbonyl (C=O) groups is 2. The molecular weight excluding hydrogens is 278 g/mol. The predicted octanol–water partition coefficient (Wildman–Crippen LogP) is -1.84. The topological polar surface area (TPSA) is 139 Å². The van der Waals surface area contributed by atoms with Gasteiger partial charge in [-0.3, -0.25) is 0 Å². The van der Waals surface area contributed by atoms with E-state index in [0.717, 1.165) is 4.90 Å². The van der Waals surface area contributed by atoms with Gasteiger partial charge >= 0.3 is 12.0 Å². The molecule has 0 aromatic rings. The molecule has 0 radical (unpaired) electrons. The van der Waals surface area contributed by atoms with Crippen molar-refractivity contribution in [2.75, 3.05) is 26.0 Å². The van der Waals surface area contributed by atoms with Crippen LogP contribution in [0.3, 0.4) is 0 Å². The standard InChI is InChI=1S/C9H17N3O6S/c1-18-6-4-7(8(13)14)12(5-6)9(15)11-2-3-19(10,16)17/h6-7H,2-5H2,1H3,(H,11,15)(H,13,14)(H2,10,16,17). The van der Waals surface area contributed by atoms with E-state index in [-0.39, 0.29) is 25.6 Å². The third-order valence-electron chi connectivity index (χ3n) is 2.80. The van der Waals surface area contributed by atoms with Gasteiger partial charge in [0.25, 0.3) is 0 Å². The van der Waals surface area contributed by atoms with Gasteiger partial charge in [0.15, 0.2) is 0 Å². The SMILES string of the molecule is COC1CC(C(=O)O)N(C(=O)NCCS(N)(=O)=O)C1. The van der Waals surface area contributed by atoms with Gasteiger partial charge in [-0.25, -0.2) is 23.1 Å². The summed E-state index contributed by atoms with van der Waals surface area (Å²) in [4.78, 5) is 23.9. The van der Waals surface area contributed by atoms with Crippen LogP contribution in [-0.4, -0.2) is 68.5 Å². The molecular formula is C9H17N3O6S. The average molecular weight is 295 g/mol. The van der Waals surface area contributed by atoms with Crippen LogP contribution in [0.4, 0.5) is 4.79 Å². The molecule has 2 amide bonds. The highest BCUT2D eigenvalue weighted by molar-refractivity contribution is 7.89. The molecule has 0 spiro atoms. The first-order valence-corrected chi connectivity index (χ1v) is 7.26. The van der Waals surface area contributed by atoms with E-state index < -0.39 is 33.8 Å². The first kappa shape index (κ1) is 15.7. The van der Waals surface area contributed by atoms with Gasteiger partial charge < -0.3 is 20.1 Å². The summed E-state index contributed by atoms with van der Waals surface area (Å²) < 4.78 is 26.4. The molecule has 19 heavy (non-hydrogen) atoms. The Bertz CT molecular complexity index is 451. The van der Waals surface area contributed by atoms with Crippen molar-refractivity contribution in [1.29, 1.82) is 0 Å². The number of nitrogens with two attached hydrogens (primary N) is 1. The van der Waals surface area contributed by atoms with Gasteiger partial charge in [0.2, 0.25) is 10.0 Å². The molecule has 1 heterocycles. The minimum absolute atomic E-state index is 0.147. The smallest absolute Gasteiger partial charge is 0.326 e. The lowest BCUT2D eigenvalue weighted by Gasteiger charge is -2.21. The highest BCUT2D eigenvalue weighted by Gasteiger charge is 2.39. The maximum atomic E-state index is 11.8. The highest BCUT2D eigenvalue weighted by Crippen LogP contribution is 2.20. The van der Waals surface area contributed by atoms with Crippen molar-refractivity contribution < 1.29 is 27.9 Å². The van der Waals surface area contributed by atoms with Crippen molar-refractivity contribution in [1.82, 2.24) is 10.2 Å². The molecule has 0 saturated carbocycles. The lowest BCUT2D eigenvalue weighted by Crippen LogP contribution is -2.47. The third kappa shape index (κ3) is 4.65. The number of carboxylic acid groups (broad SMARTS) is 1. The molecule has 9 nitrogen and oxygen atoms in total. The number of nitrogens with one attached hydrogen (secondary N) is 1. The number of hydrogen-bond acceptors (Lipinski definition) is 5. The summed E-state index contributed by atoms with van der Waals surface area (Å²) in [6.07, 6.45) is -0.140. The van der Waals surface area contributed by atoms with Crippen LogP contribution in [0.15, 0.2) is 0 Å². The molecule has 1 saturated heterocycles. The Kier molecular flexibility index (Phi) is 5.09. The quantitative estimate of drug-likeness (QED) is 0.544. The summed E-state index contributed by atoms with van der Waals surface area (Å²) in [5.41, 5.74) is 0. The molecule has 10 heteroatoms.